The van der Waals surface area contributed by atoms with Gasteiger partial charge >= 0.3 is 23.9 Å². The summed E-state index contributed by atoms with van der Waals surface area (Å²) in [7, 11) is 0. The minimum Gasteiger partial charge on any atom is -0.480 e. The summed E-state index contributed by atoms with van der Waals surface area (Å²) in [6, 6.07) is -3.82. The lowest BCUT2D eigenvalue weighted by molar-refractivity contribution is -0.915. The third-order valence-electron chi connectivity index (χ3n) is 7.63. The highest BCUT2D eigenvalue weighted by Crippen LogP contribution is 2.34. The molecular formula is C24H46N5O8+. The minimum absolute atomic E-state index is 0.113. The van der Waals surface area contributed by atoms with E-state index in [1.807, 2.05) is 0 Å². The molecule has 6 unspecified atom stereocenters. The van der Waals surface area contributed by atoms with Crippen molar-refractivity contribution in [1.29, 1.82) is 0 Å². The molecule has 13 N–H and O–H groups in total. The van der Waals surface area contributed by atoms with Crippen molar-refractivity contribution in [2.45, 2.75) is 88.4 Å². The second-order valence-corrected chi connectivity index (χ2v) is 10.5. The Morgan fingerprint density at radius 2 is 0.973 bits per heavy atom. The van der Waals surface area contributed by atoms with E-state index >= 15 is 0 Å². The third kappa shape index (κ3) is 12.2. The molecule has 0 amide bonds. The van der Waals surface area contributed by atoms with Gasteiger partial charge in [-0.2, -0.15) is 0 Å². The summed E-state index contributed by atoms with van der Waals surface area (Å²) in [5, 5.41) is 36.6. The maximum Gasteiger partial charge on any atom is 0.320 e. The zero-order valence-corrected chi connectivity index (χ0v) is 21.5. The van der Waals surface area contributed by atoms with Crippen LogP contribution in [0.25, 0.3) is 0 Å². The van der Waals surface area contributed by atoms with Crippen LogP contribution in [0.2, 0.25) is 0 Å². The van der Waals surface area contributed by atoms with E-state index in [0.29, 0.717) is 57.8 Å². The highest BCUT2D eigenvalue weighted by atomic mass is 16.4. The van der Waals surface area contributed by atoms with Gasteiger partial charge in [0.05, 0.1) is 19.6 Å². The Bertz CT molecular complexity index is 721. The minimum atomic E-state index is -1.07. The molecule has 0 spiro atoms. The molecule has 37 heavy (non-hydrogen) atoms. The van der Waals surface area contributed by atoms with Crippen LogP contribution in [-0.4, -0.2) is 88.1 Å². The molecule has 13 nitrogen and oxygen atoms in total. The van der Waals surface area contributed by atoms with Gasteiger partial charge in [-0.15, -0.1) is 0 Å². The lowest BCUT2D eigenvalue weighted by atomic mass is 9.71. The van der Waals surface area contributed by atoms with E-state index < -0.39 is 48.0 Å². The van der Waals surface area contributed by atoms with Crippen molar-refractivity contribution in [2.75, 3.05) is 19.6 Å². The fourth-order valence-corrected chi connectivity index (χ4v) is 5.41. The molecule has 1 aliphatic rings. The van der Waals surface area contributed by atoms with Gasteiger partial charge in [-0.1, -0.05) is 6.42 Å². The summed E-state index contributed by atoms with van der Waals surface area (Å²) in [6.07, 6.45) is 5.17. The maximum atomic E-state index is 11.3. The quantitative estimate of drug-likeness (QED) is 0.0842. The molecule has 0 aliphatic carbocycles. The van der Waals surface area contributed by atoms with E-state index in [0.717, 1.165) is 26.1 Å². The van der Waals surface area contributed by atoms with E-state index in [2.05, 4.69) is 0 Å². The largest absolute Gasteiger partial charge is 0.480 e. The van der Waals surface area contributed by atoms with Crippen LogP contribution in [0.15, 0.2) is 0 Å². The number of piperidine rings is 1. The zero-order valence-electron chi connectivity index (χ0n) is 21.5. The van der Waals surface area contributed by atoms with Crippen molar-refractivity contribution < 1.29 is 44.5 Å². The number of nitrogens with two attached hydrogens (primary N) is 4. The first-order chi connectivity index (χ1) is 17.3. The number of quaternary nitrogens is 1. The zero-order chi connectivity index (χ0) is 28.1. The van der Waals surface area contributed by atoms with Crippen molar-refractivity contribution in [3.63, 3.8) is 0 Å². The Morgan fingerprint density at radius 1 is 0.595 bits per heavy atom. The maximum absolute atomic E-state index is 11.3. The van der Waals surface area contributed by atoms with Gasteiger partial charge in [0.15, 0.2) is 0 Å². The molecule has 214 valence electrons. The van der Waals surface area contributed by atoms with E-state index in [4.69, 9.17) is 33.1 Å². The Morgan fingerprint density at radius 3 is 1.38 bits per heavy atom. The molecule has 1 heterocycles. The van der Waals surface area contributed by atoms with Crippen LogP contribution < -0.4 is 27.8 Å². The molecule has 0 aromatic heterocycles. The molecule has 0 aromatic carbocycles. The van der Waals surface area contributed by atoms with Gasteiger partial charge in [0, 0.05) is 11.8 Å². The number of carbonyl (C=O) groups is 4. The van der Waals surface area contributed by atoms with Gasteiger partial charge in [0.2, 0.25) is 0 Å². The Balaban J connectivity index is 2.97. The molecule has 1 fully saturated rings. The van der Waals surface area contributed by atoms with E-state index in [-0.39, 0.29) is 17.8 Å². The Kier molecular flexibility index (Phi) is 14.6. The number of nitrogens with one attached hydrogen (secondary N) is 1. The number of hydrogen-bond acceptors (Lipinski definition) is 8. The predicted molar refractivity (Wildman–Crippen MR) is 135 cm³/mol. The molecule has 0 saturated carbocycles. The highest BCUT2D eigenvalue weighted by Gasteiger charge is 2.39. The summed E-state index contributed by atoms with van der Waals surface area (Å²) < 4.78 is 0. The molecule has 1 aliphatic heterocycles. The number of carboxylic acids is 4. The van der Waals surface area contributed by atoms with Crippen LogP contribution in [0, 0.1) is 17.8 Å². The molecule has 0 radical (unpaired) electrons. The van der Waals surface area contributed by atoms with Crippen LogP contribution in [0.1, 0.15) is 64.2 Å². The first-order valence-electron chi connectivity index (χ1n) is 13.1. The van der Waals surface area contributed by atoms with Crippen molar-refractivity contribution in [2.24, 2.45) is 40.7 Å². The van der Waals surface area contributed by atoms with Crippen molar-refractivity contribution in [3.8, 4) is 0 Å². The third-order valence-corrected chi connectivity index (χ3v) is 7.63. The fraction of sp³-hybridized carbons (Fsp3) is 0.833. The monoisotopic (exact) mass is 532 g/mol. The topological polar surface area (TPSA) is 258 Å². The van der Waals surface area contributed by atoms with Gasteiger partial charge < -0.3 is 48.3 Å². The second kappa shape index (κ2) is 16.5. The van der Waals surface area contributed by atoms with Crippen LogP contribution in [-0.2, 0) is 19.2 Å². The summed E-state index contributed by atoms with van der Waals surface area (Å²) in [4.78, 5) is 46.0. The van der Waals surface area contributed by atoms with Gasteiger partial charge in [0.1, 0.15) is 24.2 Å². The lowest BCUT2D eigenvalue weighted by Crippen LogP contribution is -3.14. The van der Waals surface area contributed by atoms with E-state index in [1.54, 1.807) is 0 Å². The van der Waals surface area contributed by atoms with Crippen LogP contribution in [0.3, 0.4) is 0 Å². The molecular weight excluding hydrogens is 486 g/mol. The number of rotatable bonds is 19. The van der Waals surface area contributed by atoms with Crippen molar-refractivity contribution in [3.05, 3.63) is 0 Å². The van der Waals surface area contributed by atoms with E-state index in [1.165, 1.54) is 4.90 Å². The number of unbranched alkanes of at least 4 members (excludes halogenated alkanes) is 1. The fourth-order valence-electron chi connectivity index (χ4n) is 5.41. The second-order valence-electron chi connectivity index (χ2n) is 10.5. The summed E-state index contributed by atoms with van der Waals surface area (Å²) in [6.45, 7) is 2.33. The van der Waals surface area contributed by atoms with Crippen LogP contribution in [0.4, 0.5) is 0 Å². The molecule has 0 aromatic rings. The molecule has 0 bridgehead atoms. The molecule has 13 heteroatoms. The standard InChI is InChI=1S/C24H45N5O8/c25-17(21(30)31)5-1-2-11-29-12-14(7-9-19(27)23(34)35)16(4-3-6-18(26)22(32)33)15(13-29)8-10-20(28)24(36)37/h14-20H,1-13,25-28H2,(H,30,31)(H,32,33)(H,34,35)(H,36,37)/p+1. The first-order valence-corrected chi connectivity index (χ1v) is 13.1. The van der Waals surface area contributed by atoms with Crippen molar-refractivity contribution in [1.82, 2.24) is 0 Å². The summed E-state index contributed by atoms with van der Waals surface area (Å²) in [5.74, 6) is -3.86. The van der Waals surface area contributed by atoms with Gasteiger partial charge in [0.25, 0.3) is 0 Å². The van der Waals surface area contributed by atoms with Crippen molar-refractivity contribution >= 4 is 23.9 Å². The first kappa shape index (κ1) is 32.7. The number of carboxylic acid groups (broad SMARTS) is 4. The van der Waals surface area contributed by atoms with E-state index in [9.17, 15) is 29.4 Å². The molecule has 1 rings (SSSR count). The SMILES string of the molecule is NC(CCCC[NH+]1CC(CCC(N)C(=O)O)C(CCCC(N)C(=O)O)C(CCC(N)C(=O)O)C1)C(=O)O. The summed E-state index contributed by atoms with van der Waals surface area (Å²) in [5.41, 5.74) is 22.8. The van der Waals surface area contributed by atoms with Gasteiger partial charge in [-0.3, -0.25) is 19.2 Å². The highest BCUT2D eigenvalue weighted by molar-refractivity contribution is 5.74. The van der Waals surface area contributed by atoms with Gasteiger partial charge in [-0.25, -0.2) is 0 Å². The number of aliphatic carboxylic acids is 4. The number of hydrogen-bond donors (Lipinski definition) is 9. The predicted octanol–water partition coefficient (Wildman–Crippen LogP) is -1.72. The average Bonchev–Trinajstić information content (AvgIpc) is 2.83. The average molecular weight is 533 g/mol. The number of likely N-dealkylation sites (tertiary alicyclic amines) is 1. The van der Waals surface area contributed by atoms with Crippen LogP contribution >= 0.6 is 0 Å². The smallest absolute Gasteiger partial charge is 0.320 e. The molecule has 6 atom stereocenters. The van der Waals surface area contributed by atoms with Crippen LogP contribution in [0.5, 0.6) is 0 Å². The van der Waals surface area contributed by atoms with Gasteiger partial charge in [-0.05, 0) is 63.7 Å². The summed E-state index contributed by atoms with van der Waals surface area (Å²) >= 11 is 0. The molecule has 1 saturated heterocycles. The lowest BCUT2D eigenvalue weighted by Gasteiger charge is -2.42. The Labute approximate surface area is 217 Å². The normalized spacial score (nSPS) is 25.1. The Hall–Kier alpha value is -2.32.